The number of amides is 1. The molecule has 0 saturated carbocycles. The molecule has 0 bridgehead atoms. The van der Waals surface area contributed by atoms with Crippen LogP contribution in [0, 0.1) is 5.82 Å². The van der Waals surface area contributed by atoms with Crippen LogP contribution in [0.5, 0.6) is 0 Å². The molecule has 6 nitrogen and oxygen atoms in total. The lowest BCUT2D eigenvalue weighted by Crippen LogP contribution is -2.28. The Morgan fingerprint density at radius 2 is 2.07 bits per heavy atom. The van der Waals surface area contributed by atoms with Gasteiger partial charge in [0.1, 0.15) is 10.8 Å². The van der Waals surface area contributed by atoms with E-state index in [2.05, 4.69) is 20.4 Å². The van der Waals surface area contributed by atoms with Gasteiger partial charge in [0.25, 0.3) is 5.91 Å². The van der Waals surface area contributed by atoms with E-state index in [1.807, 2.05) is 12.3 Å². The van der Waals surface area contributed by atoms with E-state index in [4.69, 9.17) is 0 Å². The Morgan fingerprint density at radius 3 is 2.78 bits per heavy atom. The van der Waals surface area contributed by atoms with Gasteiger partial charge in [0.15, 0.2) is 0 Å². The third kappa shape index (κ3) is 3.31. The van der Waals surface area contributed by atoms with E-state index in [1.54, 1.807) is 35.4 Å². The van der Waals surface area contributed by atoms with Crippen LogP contribution in [0.1, 0.15) is 34.8 Å². The van der Waals surface area contributed by atoms with Gasteiger partial charge in [-0.25, -0.2) is 14.1 Å². The summed E-state index contributed by atoms with van der Waals surface area (Å²) in [5, 5.41) is 10.8. The van der Waals surface area contributed by atoms with E-state index in [1.165, 1.54) is 29.7 Å². The molecule has 1 unspecified atom stereocenters. The first-order valence-electron chi connectivity index (χ1n) is 8.45. The molecule has 136 valence electrons. The summed E-state index contributed by atoms with van der Waals surface area (Å²) in [6.07, 6.45) is 7.25. The standard InChI is InChI=1S/C19H16FN5OS/c1-2-16(19-22-7-8-27-19)24-18(26)15-9-21-11-17-14(15)10-23-25(17)13-5-3-12(20)4-6-13/h3-11,16H,2H2,1H3,(H,24,26). The Morgan fingerprint density at radius 1 is 1.26 bits per heavy atom. The highest BCUT2D eigenvalue weighted by Crippen LogP contribution is 2.23. The van der Waals surface area contributed by atoms with Crippen LogP contribution in [0.15, 0.2) is 54.4 Å². The van der Waals surface area contributed by atoms with Crippen LogP contribution in [0.2, 0.25) is 0 Å². The van der Waals surface area contributed by atoms with E-state index >= 15 is 0 Å². The summed E-state index contributed by atoms with van der Waals surface area (Å²) in [6.45, 7) is 2.00. The molecule has 1 aromatic carbocycles. The summed E-state index contributed by atoms with van der Waals surface area (Å²) in [6, 6.07) is 5.84. The zero-order valence-corrected chi connectivity index (χ0v) is 15.3. The minimum atomic E-state index is -0.318. The molecule has 1 atom stereocenters. The first-order chi connectivity index (χ1) is 13.2. The van der Waals surface area contributed by atoms with Crippen molar-refractivity contribution in [3.05, 3.63) is 70.8 Å². The van der Waals surface area contributed by atoms with Crippen LogP contribution in [-0.4, -0.2) is 25.7 Å². The molecule has 27 heavy (non-hydrogen) atoms. The highest BCUT2D eigenvalue weighted by atomic mass is 32.1. The first kappa shape index (κ1) is 17.3. The number of benzene rings is 1. The Labute approximate surface area is 158 Å². The first-order valence-corrected chi connectivity index (χ1v) is 9.33. The number of aromatic nitrogens is 4. The van der Waals surface area contributed by atoms with Crippen molar-refractivity contribution in [3.63, 3.8) is 0 Å². The number of hydrogen-bond acceptors (Lipinski definition) is 5. The molecule has 0 aliphatic rings. The third-order valence-corrected chi connectivity index (χ3v) is 5.17. The van der Waals surface area contributed by atoms with Crippen molar-refractivity contribution < 1.29 is 9.18 Å². The molecule has 3 heterocycles. The molecule has 0 aliphatic heterocycles. The zero-order chi connectivity index (χ0) is 18.8. The molecule has 3 aromatic heterocycles. The van der Waals surface area contributed by atoms with Gasteiger partial charge in [0.2, 0.25) is 0 Å². The lowest BCUT2D eigenvalue weighted by atomic mass is 10.1. The number of pyridine rings is 1. The van der Waals surface area contributed by atoms with Crippen molar-refractivity contribution in [2.24, 2.45) is 0 Å². The van der Waals surface area contributed by atoms with Gasteiger partial charge in [0.05, 0.1) is 35.2 Å². The second-order valence-corrected chi connectivity index (χ2v) is 6.88. The van der Waals surface area contributed by atoms with Gasteiger partial charge < -0.3 is 5.32 Å². The summed E-state index contributed by atoms with van der Waals surface area (Å²) in [7, 11) is 0. The quantitative estimate of drug-likeness (QED) is 0.569. The van der Waals surface area contributed by atoms with Crippen LogP contribution in [0.4, 0.5) is 4.39 Å². The number of carbonyl (C=O) groups is 1. The van der Waals surface area contributed by atoms with Gasteiger partial charge in [-0.05, 0) is 30.7 Å². The van der Waals surface area contributed by atoms with Crippen LogP contribution in [0.3, 0.4) is 0 Å². The van der Waals surface area contributed by atoms with E-state index < -0.39 is 0 Å². The van der Waals surface area contributed by atoms with Crippen molar-refractivity contribution in [2.75, 3.05) is 0 Å². The number of thiazole rings is 1. The molecule has 1 amide bonds. The fraction of sp³-hybridized carbons (Fsp3) is 0.158. The smallest absolute Gasteiger partial charge is 0.254 e. The number of fused-ring (bicyclic) bond motifs is 1. The molecule has 4 aromatic rings. The number of halogens is 1. The molecule has 1 N–H and O–H groups in total. The number of nitrogens with zero attached hydrogens (tertiary/aromatic N) is 4. The van der Waals surface area contributed by atoms with Crippen LogP contribution < -0.4 is 5.32 Å². The molecular formula is C19H16FN5OS. The van der Waals surface area contributed by atoms with E-state index in [9.17, 15) is 9.18 Å². The number of hydrogen-bond donors (Lipinski definition) is 1. The zero-order valence-electron chi connectivity index (χ0n) is 14.5. The van der Waals surface area contributed by atoms with Gasteiger partial charge in [0, 0.05) is 23.2 Å². The molecule has 0 spiro atoms. The second kappa shape index (κ2) is 7.24. The highest BCUT2D eigenvalue weighted by Gasteiger charge is 2.19. The van der Waals surface area contributed by atoms with Crippen molar-refractivity contribution in [3.8, 4) is 5.69 Å². The fourth-order valence-electron chi connectivity index (χ4n) is 2.89. The van der Waals surface area contributed by atoms with Crippen LogP contribution in [0.25, 0.3) is 16.6 Å². The maximum Gasteiger partial charge on any atom is 0.254 e. The minimum Gasteiger partial charge on any atom is -0.343 e. The number of carbonyl (C=O) groups excluding carboxylic acids is 1. The van der Waals surface area contributed by atoms with Gasteiger partial charge in [-0.15, -0.1) is 11.3 Å². The lowest BCUT2D eigenvalue weighted by molar-refractivity contribution is 0.0937. The molecule has 0 radical (unpaired) electrons. The predicted molar refractivity (Wildman–Crippen MR) is 101 cm³/mol. The van der Waals surface area contributed by atoms with Crippen LogP contribution >= 0.6 is 11.3 Å². The Bertz CT molecular complexity index is 1080. The average molecular weight is 381 g/mol. The lowest BCUT2D eigenvalue weighted by Gasteiger charge is -2.14. The molecule has 0 saturated heterocycles. The molecule has 0 aliphatic carbocycles. The summed E-state index contributed by atoms with van der Waals surface area (Å²) in [4.78, 5) is 21.3. The molecule has 8 heteroatoms. The Hall–Kier alpha value is -3.13. The summed E-state index contributed by atoms with van der Waals surface area (Å²) in [5.41, 5.74) is 1.81. The van der Waals surface area contributed by atoms with Crippen molar-refractivity contribution in [1.29, 1.82) is 0 Å². The maximum atomic E-state index is 13.2. The highest BCUT2D eigenvalue weighted by molar-refractivity contribution is 7.09. The van der Waals surface area contributed by atoms with Crippen molar-refractivity contribution >= 4 is 28.1 Å². The van der Waals surface area contributed by atoms with Gasteiger partial charge >= 0.3 is 0 Å². The fourth-order valence-corrected chi connectivity index (χ4v) is 3.66. The van der Waals surface area contributed by atoms with Gasteiger partial charge in [-0.2, -0.15) is 5.10 Å². The molecule has 4 rings (SSSR count). The van der Waals surface area contributed by atoms with Gasteiger partial charge in [-0.3, -0.25) is 9.78 Å². The third-order valence-electron chi connectivity index (χ3n) is 4.28. The van der Waals surface area contributed by atoms with Gasteiger partial charge in [-0.1, -0.05) is 6.92 Å². The minimum absolute atomic E-state index is 0.153. The normalized spacial score (nSPS) is 12.2. The Balaban J connectivity index is 1.68. The number of rotatable bonds is 5. The van der Waals surface area contributed by atoms with E-state index in [0.717, 1.165) is 11.4 Å². The van der Waals surface area contributed by atoms with Crippen molar-refractivity contribution in [1.82, 2.24) is 25.1 Å². The summed E-state index contributed by atoms with van der Waals surface area (Å²) < 4.78 is 14.8. The average Bonchev–Trinajstić information content (AvgIpc) is 3.36. The Kier molecular flexibility index (Phi) is 4.64. The monoisotopic (exact) mass is 381 g/mol. The summed E-state index contributed by atoms with van der Waals surface area (Å²) in [5.74, 6) is -0.546. The maximum absolute atomic E-state index is 13.2. The topological polar surface area (TPSA) is 72.7 Å². The van der Waals surface area contributed by atoms with Crippen LogP contribution in [-0.2, 0) is 0 Å². The molecular weight excluding hydrogens is 365 g/mol. The van der Waals surface area contributed by atoms with E-state index in [0.29, 0.717) is 22.2 Å². The molecule has 0 fully saturated rings. The predicted octanol–water partition coefficient (Wildman–Crippen LogP) is 3.90. The number of nitrogens with one attached hydrogen (secondary N) is 1. The summed E-state index contributed by atoms with van der Waals surface area (Å²) >= 11 is 1.51. The second-order valence-electron chi connectivity index (χ2n) is 5.96. The SMILES string of the molecule is CCC(NC(=O)c1cncc2c1cnn2-c1ccc(F)cc1)c1nccs1. The largest absolute Gasteiger partial charge is 0.343 e. The van der Waals surface area contributed by atoms with Crippen molar-refractivity contribution in [2.45, 2.75) is 19.4 Å². The van der Waals surface area contributed by atoms with E-state index in [-0.39, 0.29) is 17.8 Å².